The molecule has 0 aliphatic carbocycles. The average molecular weight is 741 g/mol. The number of benzene rings is 5. The highest BCUT2D eigenvalue weighted by molar-refractivity contribution is 7.99. The van der Waals surface area contributed by atoms with Gasteiger partial charge in [0.25, 0.3) is 11.1 Å². The number of ether oxygens (including phenoxy) is 3. The molecule has 54 heavy (non-hydrogen) atoms. The van der Waals surface area contributed by atoms with Crippen LogP contribution < -0.4 is 5.32 Å². The van der Waals surface area contributed by atoms with Gasteiger partial charge in [0.15, 0.2) is 18.2 Å². The molecule has 6 aromatic rings. The van der Waals surface area contributed by atoms with Gasteiger partial charge < -0.3 is 29.1 Å². The standard InChI is InChI=1S/C44H40N2O7S/c1-28(50-29(2)48)42(49)45-36-20-12-19-35(25-36)43-51-37(38(31-13-6-3-7-14-31)40(52-43)34-23-21-30(26-47)22-24-34)27-54-44-46-39(32-15-8-4-9-16-32)41(53-44)33-17-10-5-11-18-33/h3-25,28,37-38,40,43,47H,26-27H2,1-2H3,(H,45,49)/t28-,37+,38+,40-,43?/m0/s1. The molecule has 1 unspecified atom stereocenters. The number of rotatable bonds is 12. The van der Waals surface area contributed by atoms with E-state index in [1.54, 1.807) is 12.1 Å². The first kappa shape index (κ1) is 36.8. The number of carbonyl (C=O) groups is 2. The van der Waals surface area contributed by atoms with E-state index in [1.165, 1.54) is 25.6 Å². The molecule has 5 aromatic carbocycles. The number of hydrogen-bond acceptors (Lipinski definition) is 9. The Morgan fingerprint density at radius 2 is 1.44 bits per heavy atom. The fraction of sp³-hybridized carbons (Fsp3) is 0.205. The molecular formula is C44H40N2O7S. The van der Waals surface area contributed by atoms with Crippen LogP contribution in [0.1, 0.15) is 54.4 Å². The van der Waals surface area contributed by atoms with Crippen LogP contribution in [0.2, 0.25) is 0 Å². The number of esters is 1. The number of anilines is 1. The highest BCUT2D eigenvalue weighted by atomic mass is 32.2. The quantitative estimate of drug-likeness (QED) is 0.0935. The van der Waals surface area contributed by atoms with Crippen molar-refractivity contribution in [3.05, 3.63) is 162 Å². The molecule has 0 saturated carbocycles. The number of amides is 1. The minimum Gasteiger partial charge on any atom is -0.453 e. The van der Waals surface area contributed by atoms with Crippen molar-refractivity contribution >= 4 is 29.3 Å². The Morgan fingerprint density at radius 1 is 0.796 bits per heavy atom. The van der Waals surface area contributed by atoms with Crippen LogP contribution in [0.5, 0.6) is 0 Å². The first-order valence-corrected chi connectivity index (χ1v) is 18.7. The third-order valence-corrected chi connectivity index (χ3v) is 10.1. The molecule has 1 aromatic heterocycles. The van der Waals surface area contributed by atoms with Crippen molar-refractivity contribution in [3.63, 3.8) is 0 Å². The van der Waals surface area contributed by atoms with Gasteiger partial charge in [-0.1, -0.05) is 139 Å². The number of aliphatic hydroxyl groups excluding tert-OH is 1. The van der Waals surface area contributed by atoms with Gasteiger partial charge in [-0.05, 0) is 35.7 Å². The van der Waals surface area contributed by atoms with Gasteiger partial charge in [0, 0.05) is 41.0 Å². The second-order valence-electron chi connectivity index (χ2n) is 13.0. The summed E-state index contributed by atoms with van der Waals surface area (Å²) in [7, 11) is 0. The Labute approximate surface area is 318 Å². The summed E-state index contributed by atoms with van der Waals surface area (Å²) in [5.41, 5.74) is 6.62. The maximum Gasteiger partial charge on any atom is 0.303 e. The maximum atomic E-state index is 12.8. The molecule has 0 bridgehead atoms. The van der Waals surface area contributed by atoms with E-state index in [9.17, 15) is 14.7 Å². The van der Waals surface area contributed by atoms with Crippen LogP contribution in [0.4, 0.5) is 5.69 Å². The molecular weight excluding hydrogens is 701 g/mol. The van der Waals surface area contributed by atoms with E-state index in [2.05, 4.69) is 17.4 Å². The van der Waals surface area contributed by atoms with Crippen molar-refractivity contribution in [3.8, 4) is 22.6 Å². The Bertz CT molecular complexity index is 2100. The summed E-state index contributed by atoms with van der Waals surface area (Å²) in [5.74, 6) is -0.0614. The topological polar surface area (TPSA) is 120 Å². The van der Waals surface area contributed by atoms with E-state index in [1.807, 2.05) is 115 Å². The molecule has 1 aliphatic heterocycles. The number of aliphatic hydroxyl groups is 1. The minimum absolute atomic E-state index is 0.0699. The molecule has 1 aliphatic rings. The van der Waals surface area contributed by atoms with E-state index >= 15 is 0 Å². The van der Waals surface area contributed by atoms with E-state index < -0.39 is 36.5 Å². The third-order valence-electron chi connectivity index (χ3n) is 9.17. The monoisotopic (exact) mass is 740 g/mol. The van der Waals surface area contributed by atoms with Crippen LogP contribution in [0.15, 0.2) is 149 Å². The molecule has 1 fully saturated rings. The smallest absolute Gasteiger partial charge is 0.303 e. The predicted molar refractivity (Wildman–Crippen MR) is 207 cm³/mol. The average Bonchev–Trinajstić information content (AvgIpc) is 3.65. The van der Waals surface area contributed by atoms with Crippen molar-refractivity contribution in [2.45, 2.75) is 56.2 Å². The number of oxazole rings is 1. The Kier molecular flexibility index (Phi) is 11.7. The molecule has 1 saturated heterocycles. The molecule has 274 valence electrons. The molecule has 2 N–H and O–H groups in total. The van der Waals surface area contributed by atoms with Gasteiger partial charge in [0.05, 0.1) is 18.8 Å². The van der Waals surface area contributed by atoms with Crippen LogP contribution in [0.25, 0.3) is 22.6 Å². The summed E-state index contributed by atoms with van der Waals surface area (Å²) < 4.78 is 25.3. The second-order valence-corrected chi connectivity index (χ2v) is 13.9. The van der Waals surface area contributed by atoms with E-state index in [0.717, 1.165) is 33.5 Å². The van der Waals surface area contributed by atoms with Crippen molar-refractivity contribution in [2.75, 3.05) is 11.1 Å². The molecule has 9 nitrogen and oxygen atoms in total. The first-order valence-electron chi connectivity index (χ1n) is 17.7. The largest absolute Gasteiger partial charge is 0.453 e. The number of nitrogens with zero attached hydrogens (tertiary/aromatic N) is 1. The van der Waals surface area contributed by atoms with Gasteiger partial charge in [0.1, 0.15) is 5.69 Å². The molecule has 1 amide bonds. The Balaban J connectivity index is 1.24. The maximum absolute atomic E-state index is 12.8. The van der Waals surface area contributed by atoms with Gasteiger partial charge >= 0.3 is 5.97 Å². The van der Waals surface area contributed by atoms with Gasteiger partial charge in [-0.3, -0.25) is 9.59 Å². The lowest BCUT2D eigenvalue weighted by molar-refractivity contribution is -0.255. The Hall–Kier alpha value is -5.52. The lowest BCUT2D eigenvalue weighted by Crippen LogP contribution is -2.38. The molecule has 0 spiro atoms. The normalized spacial score (nSPS) is 18.8. The zero-order valence-electron chi connectivity index (χ0n) is 29.8. The Morgan fingerprint density at radius 3 is 2.11 bits per heavy atom. The number of hydrogen-bond donors (Lipinski definition) is 2. The first-order chi connectivity index (χ1) is 26.4. The second kappa shape index (κ2) is 17.1. The van der Waals surface area contributed by atoms with Crippen LogP contribution in [0.3, 0.4) is 0 Å². The fourth-order valence-corrected chi connectivity index (χ4v) is 7.44. The number of aromatic nitrogens is 1. The van der Waals surface area contributed by atoms with Crippen molar-refractivity contribution in [2.24, 2.45) is 0 Å². The lowest BCUT2D eigenvalue weighted by atomic mass is 9.84. The number of carbonyl (C=O) groups excluding carboxylic acids is 2. The molecule has 5 atom stereocenters. The predicted octanol–water partition coefficient (Wildman–Crippen LogP) is 9.12. The van der Waals surface area contributed by atoms with Gasteiger partial charge in [-0.25, -0.2) is 4.98 Å². The zero-order chi connectivity index (χ0) is 37.4. The van der Waals surface area contributed by atoms with E-state index in [-0.39, 0.29) is 12.5 Å². The SMILES string of the molecule is CC(=O)O[C@@H](C)C(=O)Nc1cccc(C2O[C@H](CSc3nc(-c4ccccc4)c(-c4ccccc4)o3)[C@@H](c3ccccc3)[C@H](c3ccc(CO)cc3)O2)c1. The fourth-order valence-electron chi connectivity index (χ4n) is 6.55. The van der Waals surface area contributed by atoms with Crippen LogP contribution in [-0.4, -0.2) is 39.9 Å². The van der Waals surface area contributed by atoms with Crippen LogP contribution in [0, 0.1) is 0 Å². The lowest BCUT2D eigenvalue weighted by Gasteiger charge is -2.43. The van der Waals surface area contributed by atoms with Gasteiger partial charge in [0.2, 0.25) is 0 Å². The summed E-state index contributed by atoms with van der Waals surface area (Å²) in [6.07, 6.45) is -2.62. The van der Waals surface area contributed by atoms with Crippen molar-refractivity contribution < 1.29 is 33.3 Å². The van der Waals surface area contributed by atoms with Gasteiger partial charge in [-0.2, -0.15) is 0 Å². The summed E-state index contributed by atoms with van der Waals surface area (Å²) in [4.78, 5) is 29.3. The molecule has 0 radical (unpaired) electrons. The summed E-state index contributed by atoms with van der Waals surface area (Å²) in [5, 5.41) is 13.1. The van der Waals surface area contributed by atoms with Crippen molar-refractivity contribution in [1.29, 1.82) is 0 Å². The highest BCUT2D eigenvalue weighted by Crippen LogP contribution is 2.48. The van der Waals surface area contributed by atoms with Crippen LogP contribution >= 0.6 is 11.8 Å². The van der Waals surface area contributed by atoms with Gasteiger partial charge in [-0.15, -0.1) is 0 Å². The highest BCUT2D eigenvalue weighted by Gasteiger charge is 2.42. The van der Waals surface area contributed by atoms with E-state index in [4.69, 9.17) is 23.6 Å². The van der Waals surface area contributed by atoms with E-state index in [0.29, 0.717) is 28.0 Å². The number of thioether (sulfide) groups is 1. The third kappa shape index (κ3) is 8.64. The minimum atomic E-state index is -0.965. The summed E-state index contributed by atoms with van der Waals surface area (Å²) >= 11 is 1.48. The molecule has 10 heteroatoms. The molecule has 2 heterocycles. The van der Waals surface area contributed by atoms with Crippen molar-refractivity contribution in [1.82, 2.24) is 4.98 Å². The van der Waals surface area contributed by atoms with Crippen LogP contribution in [-0.2, 0) is 30.4 Å². The molecule has 7 rings (SSSR count). The number of nitrogens with one attached hydrogen (secondary N) is 1. The summed E-state index contributed by atoms with van der Waals surface area (Å²) in [6.45, 7) is 2.71. The summed E-state index contributed by atoms with van der Waals surface area (Å²) in [6, 6.07) is 45.1. The zero-order valence-corrected chi connectivity index (χ0v) is 30.6.